The molecule has 1 aromatic carbocycles. The SMILES string of the molecule is Nc1ccnc(-c2ccc(O)cc2)n1. The number of rotatable bonds is 1. The summed E-state index contributed by atoms with van der Waals surface area (Å²) in [6.45, 7) is 0. The van der Waals surface area contributed by atoms with Crippen molar-refractivity contribution in [2.45, 2.75) is 0 Å². The fourth-order valence-electron chi connectivity index (χ4n) is 1.12. The molecule has 0 aliphatic carbocycles. The maximum atomic E-state index is 9.09. The molecule has 0 atom stereocenters. The van der Waals surface area contributed by atoms with Crippen LogP contribution in [0.5, 0.6) is 5.75 Å². The van der Waals surface area contributed by atoms with E-state index >= 15 is 0 Å². The monoisotopic (exact) mass is 187 g/mol. The van der Waals surface area contributed by atoms with Gasteiger partial charge >= 0.3 is 0 Å². The van der Waals surface area contributed by atoms with Gasteiger partial charge in [0.1, 0.15) is 11.6 Å². The van der Waals surface area contributed by atoms with Crippen LogP contribution in [-0.2, 0) is 0 Å². The second-order valence-corrected chi connectivity index (χ2v) is 2.85. The maximum absolute atomic E-state index is 9.09. The standard InChI is InChI=1S/C10H9N3O/c11-9-5-6-12-10(13-9)7-1-3-8(14)4-2-7/h1-6,14H,(H2,11,12,13). The topological polar surface area (TPSA) is 72.0 Å². The molecule has 0 saturated heterocycles. The minimum absolute atomic E-state index is 0.220. The summed E-state index contributed by atoms with van der Waals surface area (Å²) in [4.78, 5) is 8.12. The van der Waals surface area contributed by atoms with E-state index in [1.807, 2.05) is 0 Å². The first-order chi connectivity index (χ1) is 6.75. The third kappa shape index (κ3) is 1.64. The Morgan fingerprint density at radius 2 is 1.79 bits per heavy atom. The van der Waals surface area contributed by atoms with Crippen molar-refractivity contribution in [1.29, 1.82) is 0 Å². The van der Waals surface area contributed by atoms with Crippen LogP contribution in [0.3, 0.4) is 0 Å². The van der Waals surface area contributed by atoms with Crippen molar-refractivity contribution in [3.63, 3.8) is 0 Å². The molecule has 0 saturated carbocycles. The molecule has 3 N–H and O–H groups in total. The molecule has 0 aliphatic rings. The quantitative estimate of drug-likeness (QED) is 0.708. The van der Waals surface area contributed by atoms with Gasteiger partial charge in [-0.15, -0.1) is 0 Å². The molecule has 0 amide bonds. The summed E-state index contributed by atoms with van der Waals surface area (Å²) in [5, 5.41) is 9.09. The van der Waals surface area contributed by atoms with Crippen LogP contribution in [-0.4, -0.2) is 15.1 Å². The van der Waals surface area contributed by atoms with Gasteiger partial charge in [0.05, 0.1) is 0 Å². The van der Waals surface area contributed by atoms with Crippen LogP contribution < -0.4 is 5.73 Å². The lowest BCUT2D eigenvalue weighted by atomic mass is 10.2. The summed E-state index contributed by atoms with van der Waals surface area (Å²) in [5.41, 5.74) is 6.35. The van der Waals surface area contributed by atoms with Crippen molar-refractivity contribution in [3.8, 4) is 17.1 Å². The van der Waals surface area contributed by atoms with E-state index in [0.29, 0.717) is 11.6 Å². The van der Waals surface area contributed by atoms with Gasteiger partial charge in [-0.25, -0.2) is 9.97 Å². The summed E-state index contributed by atoms with van der Waals surface area (Å²) < 4.78 is 0. The van der Waals surface area contributed by atoms with Crippen LogP contribution in [0.1, 0.15) is 0 Å². The molecule has 0 fully saturated rings. The number of nitrogens with zero attached hydrogens (tertiary/aromatic N) is 2. The third-order valence-corrected chi connectivity index (χ3v) is 1.80. The van der Waals surface area contributed by atoms with Gasteiger partial charge in [0.2, 0.25) is 0 Å². The van der Waals surface area contributed by atoms with Crippen LogP contribution in [0.15, 0.2) is 36.5 Å². The Morgan fingerprint density at radius 3 is 2.43 bits per heavy atom. The normalized spacial score (nSPS) is 10.0. The number of nitrogens with two attached hydrogens (primary N) is 1. The number of hydrogen-bond acceptors (Lipinski definition) is 4. The van der Waals surface area contributed by atoms with Gasteiger partial charge in [-0.2, -0.15) is 0 Å². The fraction of sp³-hybridized carbons (Fsp3) is 0. The first-order valence-electron chi connectivity index (χ1n) is 4.13. The van der Waals surface area contributed by atoms with Crippen molar-refractivity contribution in [3.05, 3.63) is 36.5 Å². The number of aromatic hydroxyl groups is 1. The maximum Gasteiger partial charge on any atom is 0.161 e. The zero-order valence-electron chi connectivity index (χ0n) is 7.38. The average molecular weight is 187 g/mol. The van der Waals surface area contributed by atoms with Gasteiger partial charge in [0.15, 0.2) is 5.82 Å². The fourth-order valence-corrected chi connectivity index (χ4v) is 1.12. The van der Waals surface area contributed by atoms with E-state index in [4.69, 9.17) is 10.8 Å². The van der Waals surface area contributed by atoms with E-state index in [-0.39, 0.29) is 5.75 Å². The van der Waals surface area contributed by atoms with Crippen molar-refractivity contribution in [2.75, 3.05) is 5.73 Å². The van der Waals surface area contributed by atoms with Crippen LogP contribution in [0, 0.1) is 0 Å². The Hall–Kier alpha value is -2.10. The lowest BCUT2D eigenvalue weighted by molar-refractivity contribution is 0.475. The Balaban J connectivity index is 2.44. The number of aromatic nitrogens is 2. The number of phenols is 1. The predicted molar refractivity (Wildman–Crippen MR) is 53.5 cm³/mol. The Kier molecular flexibility index (Phi) is 2.02. The second kappa shape index (κ2) is 3.33. The first kappa shape index (κ1) is 8.50. The minimum atomic E-state index is 0.220. The largest absolute Gasteiger partial charge is 0.508 e. The van der Waals surface area contributed by atoms with Gasteiger partial charge in [0.25, 0.3) is 0 Å². The van der Waals surface area contributed by atoms with E-state index in [1.54, 1.807) is 36.5 Å². The first-order valence-corrected chi connectivity index (χ1v) is 4.13. The summed E-state index contributed by atoms with van der Waals surface area (Å²) in [6, 6.07) is 8.28. The molecule has 2 rings (SSSR count). The van der Waals surface area contributed by atoms with E-state index < -0.39 is 0 Å². The van der Waals surface area contributed by atoms with E-state index in [1.165, 1.54) is 0 Å². The van der Waals surface area contributed by atoms with E-state index in [9.17, 15) is 0 Å². The molecule has 0 radical (unpaired) electrons. The summed E-state index contributed by atoms with van der Waals surface area (Å²) in [5.74, 6) is 1.21. The molecule has 0 bridgehead atoms. The molecular weight excluding hydrogens is 178 g/mol. The highest BCUT2D eigenvalue weighted by Gasteiger charge is 2.00. The van der Waals surface area contributed by atoms with Crippen molar-refractivity contribution in [2.24, 2.45) is 0 Å². The molecular formula is C10H9N3O. The average Bonchev–Trinajstić information content (AvgIpc) is 2.19. The van der Waals surface area contributed by atoms with Crippen LogP contribution in [0.2, 0.25) is 0 Å². The summed E-state index contributed by atoms with van der Waals surface area (Å²) in [7, 11) is 0. The molecule has 0 aliphatic heterocycles. The second-order valence-electron chi connectivity index (χ2n) is 2.85. The summed E-state index contributed by atoms with van der Waals surface area (Å²) >= 11 is 0. The molecule has 70 valence electrons. The highest BCUT2D eigenvalue weighted by Crippen LogP contribution is 2.18. The van der Waals surface area contributed by atoms with E-state index in [0.717, 1.165) is 5.56 Å². The molecule has 4 heteroatoms. The zero-order chi connectivity index (χ0) is 9.97. The Bertz CT molecular complexity index is 439. The number of phenolic OH excluding ortho intramolecular Hbond substituents is 1. The minimum Gasteiger partial charge on any atom is -0.508 e. The van der Waals surface area contributed by atoms with Gasteiger partial charge < -0.3 is 10.8 Å². The lowest BCUT2D eigenvalue weighted by Gasteiger charge is -2.00. The molecule has 1 heterocycles. The number of benzene rings is 1. The van der Waals surface area contributed by atoms with Crippen molar-refractivity contribution in [1.82, 2.24) is 9.97 Å². The summed E-state index contributed by atoms with van der Waals surface area (Å²) in [6.07, 6.45) is 1.60. The zero-order valence-corrected chi connectivity index (χ0v) is 7.38. The molecule has 4 nitrogen and oxygen atoms in total. The van der Waals surface area contributed by atoms with Gasteiger partial charge in [-0.1, -0.05) is 0 Å². The lowest BCUT2D eigenvalue weighted by Crippen LogP contribution is -1.93. The van der Waals surface area contributed by atoms with Crippen LogP contribution in [0.4, 0.5) is 5.82 Å². The van der Waals surface area contributed by atoms with Gasteiger partial charge in [0, 0.05) is 11.8 Å². The molecule has 0 spiro atoms. The third-order valence-electron chi connectivity index (χ3n) is 1.80. The highest BCUT2D eigenvalue weighted by atomic mass is 16.3. The number of nitrogen functional groups attached to an aromatic ring is 1. The molecule has 0 unspecified atom stereocenters. The number of hydrogen-bond donors (Lipinski definition) is 2. The predicted octanol–water partition coefficient (Wildman–Crippen LogP) is 1.43. The highest BCUT2D eigenvalue weighted by molar-refractivity contribution is 5.57. The van der Waals surface area contributed by atoms with Crippen molar-refractivity contribution < 1.29 is 5.11 Å². The van der Waals surface area contributed by atoms with E-state index in [2.05, 4.69) is 9.97 Å². The molecule has 1 aromatic heterocycles. The number of anilines is 1. The molecule has 2 aromatic rings. The van der Waals surface area contributed by atoms with Gasteiger partial charge in [-0.05, 0) is 30.3 Å². The van der Waals surface area contributed by atoms with Crippen molar-refractivity contribution >= 4 is 5.82 Å². The Labute approximate surface area is 81.1 Å². The smallest absolute Gasteiger partial charge is 0.161 e. The molecule has 14 heavy (non-hydrogen) atoms. The van der Waals surface area contributed by atoms with Gasteiger partial charge in [-0.3, -0.25) is 0 Å². The van der Waals surface area contributed by atoms with Crippen LogP contribution in [0.25, 0.3) is 11.4 Å². The Morgan fingerprint density at radius 1 is 1.07 bits per heavy atom. The van der Waals surface area contributed by atoms with Crippen LogP contribution >= 0.6 is 0 Å².